The van der Waals surface area contributed by atoms with Crippen molar-refractivity contribution in [1.29, 1.82) is 0 Å². The number of benzene rings is 2. The second-order valence-electron chi connectivity index (χ2n) is 5.01. The summed E-state index contributed by atoms with van der Waals surface area (Å²) in [6.45, 7) is 0. The van der Waals surface area contributed by atoms with Gasteiger partial charge in [0.1, 0.15) is 5.69 Å². The number of urea groups is 1. The number of para-hydroxylation sites is 1. The number of H-pyrrole nitrogens is 1. The molecule has 6 nitrogen and oxygen atoms in total. The van der Waals surface area contributed by atoms with Gasteiger partial charge in [0.15, 0.2) is 0 Å². The molecule has 23 heavy (non-hydrogen) atoms. The molecule has 0 saturated heterocycles. The van der Waals surface area contributed by atoms with E-state index in [0.717, 1.165) is 10.9 Å². The number of carbonyl (C=O) groups is 2. The monoisotopic (exact) mass is 308 g/mol. The van der Waals surface area contributed by atoms with Gasteiger partial charge < -0.3 is 20.9 Å². The average Bonchev–Trinajstić information content (AvgIpc) is 2.99. The molecular weight excluding hydrogens is 292 g/mol. The van der Waals surface area contributed by atoms with Gasteiger partial charge in [0.2, 0.25) is 0 Å². The minimum Gasteiger partial charge on any atom is -0.351 e. The molecule has 0 fully saturated rings. The van der Waals surface area contributed by atoms with Crippen LogP contribution in [-0.2, 0) is 0 Å². The van der Waals surface area contributed by atoms with E-state index in [1.807, 2.05) is 24.3 Å². The summed E-state index contributed by atoms with van der Waals surface area (Å²) in [7, 11) is 1.54. The summed E-state index contributed by atoms with van der Waals surface area (Å²) >= 11 is 0. The van der Waals surface area contributed by atoms with Gasteiger partial charge in [0.05, 0.1) is 0 Å². The van der Waals surface area contributed by atoms with Crippen LogP contribution in [-0.4, -0.2) is 24.0 Å². The molecule has 4 N–H and O–H groups in total. The van der Waals surface area contributed by atoms with E-state index in [1.54, 1.807) is 30.3 Å². The van der Waals surface area contributed by atoms with Crippen LogP contribution in [0.1, 0.15) is 10.5 Å². The van der Waals surface area contributed by atoms with Crippen LogP contribution in [0.5, 0.6) is 0 Å². The lowest BCUT2D eigenvalue weighted by Crippen LogP contribution is -2.24. The van der Waals surface area contributed by atoms with Gasteiger partial charge in [-0.15, -0.1) is 0 Å². The molecular formula is C17H16N4O2. The summed E-state index contributed by atoms with van der Waals surface area (Å²) in [5.74, 6) is -0.238. The maximum Gasteiger partial charge on any atom is 0.318 e. The van der Waals surface area contributed by atoms with Crippen LogP contribution in [0.15, 0.2) is 54.6 Å². The number of nitrogens with one attached hydrogen (secondary N) is 4. The quantitative estimate of drug-likeness (QED) is 0.599. The van der Waals surface area contributed by atoms with Crippen molar-refractivity contribution in [3.63, 3.8) is 0 Å². The molecule has 1 heterocycles. The van der Waals surface area contributed by atoms with Crippen LogP contribution >= 0.6 is 0 Å². The van der Waals surface area contributed by atoms with Crippen LogP contribution in [0.25, 0.3) is 10.9 Å². The Morgan fingerprint density at radius 1 is 0.913 bits per heavy atom. The fraction of sp³-hybridized carbons (Fsp3) is 0.0588. The van der Waals surface area contributed by atoms with E-state index in [0.29, 0.717) is 17.1 Å². The Hall–Kier alpha value is -3.28. The molecule has 116 valence electrons. The summed E-state index contributed by atoms with van der Waals surface area (Å²) in [5, 5.41) is 8.92. The summed E-state index contributed by atoms with van der Waals surface area (Å²) in [6.07, 6.45) is 0. The smallest absolute Gasteiger partial charge is 0.318 e. The normalized spacial score (nSPS) is 10.3. The Bertz CT molecular complexity index is 837. The van der Waals surface area contributed by atoms with Crippen LogP contribution in [0.3, 0.4) is 0 Å². The van der Waals surface area contributed by atoms with E-state index in [2.05, 4.69) is 20.9 Å². The molecule has 3 aromatic rings. The molecule has 1 aromatic heterocycles. The summed E-state index contributed by atoms with van der Waals surface area (Å²) in [5.41, 5.74) is 2.59. The van der Waals surface area contributed by atoms with Crippen LogP contribution in [0.2, 0.25) is 0 Å². The Balaban J connectivity index is 1.77. The molecule has 2 aromatic carbocycles. The second kappa shape index (κ2) is 6.23. The predicted molar refractivity (Wildman–Crippen MR) is 90.8 cm³/mol. The largest absolute Gasteiger partial charge is 0.351 e. The minimum absolute atomic E-state index is 0.238. The fourth-order valence-electron chi connectivity index (χ4n) is 2.26. The van der Waals surface area contributed by atoms with Gasteiger partial charge in [-0.2, -0.15) is 0 Å². The number of aromatic nitrogens is 1. The van der Waals surface area contributed by atoms with Crippen molar-refractivity contribution in [2.24, 2.45) is 0 Å². The molecule has 0 radical (unpaired) electrons. The maximum absolute atomic E-state index is 12.3. The Morgan fingerprint density at radius 3 is 2.39 bits per heavy atom. The van der Waals surface area contributed by atoms with Gasteiger partial charge in [-0.1, -0.05) is 24.3 Å². The first kappa shape index (κ1) is 14.6. The summed E-state index contributed by atoms with van der Waals surface area (Å²) in [4.78, 5) is 26.7. The number of aromatic amines is 1. The molecule has 0 unspecified atom stereocenters. The van der Waals surface area contributed by atoms with Crippen molar-refractivity contribution >= 4 is 34.2 Å². The molecule has 0 atom stereocenters. The van der Waals surface area contributed by atoms with Crippen LogP contribution in [0.4, 0.5) is 16.2 Å². The highest BCUT2D eigenvalue weighted by Crippen LogP contribution is 2.18. The molecule has 0 spiro atoms. The Kier molecular flexibility index (Phi) is 3.97. The predicted octanol–water partition coefficient (Wildman–Crippen LogP) is 3.17. The number of anilines is 2. The minimum atomic E-state index is -0.316. The number of amides is 3. The van der Waals surface area contributed by atoms with Gasteiger partial charge in [-0.05, 0) is 30.3 Å². The van der Waals surface area contributed by atoms with Gasteiger partial charge in [-0.3, -0.25) is 4.79 Å². The molecule has 3 rings (SSSR count). The second-order valence-corrected chi connectivity index (χ2v) is 5.01. The lowest BCUT2D eigenvalue weighted by molar-refractivity contribution is 0.102. The molecule has 3 amide bonds. The van der Waals surface area contributed by atoms with Gasteiger partial charge in [0, 0.05) is 29.3 Å². The van der Waals surface area contributed by atoms with Gasteiger partial charge in [-0.25, -0.2) is 4.79 Å². The van der Waals surface area contributed by atoms with E-state index in [-0.39, 0.29) is 11.9 Å². The number of hydrogen-bond donors (Lipinski definition) is 4. The third kappa shape index (κ3) is 3.32. The van der Waals surface area contributed by atoms with Gasteiger partial charge in [0.25, 0.3) is 5.91 Å². The molecule has 0 aliphatic heterocycles. The molecule has 0 aliphatic carbocycles. The van der Waals surface area contributed by atoms with Crippen LogP contribution < -0.4 is 16.0 Å². The van der Waals surface area contributed by atoms with Gasteiger partial charge >= 0.3 is 6.03 Å². The zero-order valence-corrected chi connectivity index (χ0v) is 12.5. The zero-order chi connectivity index (χ0) is 16.2. The van der Waals surface area contributed by atoms with Crippen LogP contribution in [0, 0.1) is 0 Å². The van der Waals surface area contributed by atoms with Crippen molar-refractivity contribution in [2.75, 3.05) is 17.7 Å². The molecule has 0 saturated carbocycles. The standard InChI is InChI=1S/C17H16N4O2/c1-18-17(23)20-13-7-4-6-12(10-13)19-16(22)15-9-11-5-2-3-8-14(11)21-15/h2-10,21H,1H3,(H,19,22)(H2,18,20,23). The maximum atomic E-state index is 12.3. The van der Waals surface area contributed by atoms with E-state index in [1.165, 1.54) is 7.05 Å². The SMILES string of the molecule is CNC(=O)Nc1cccc(NC(=O)c2cc3ccccc3[nH]2)c1. The Morgan fingerprint density at radius 2 is 1.65 bits per heavy atom. The first-order valence-corrected chi connectivity index (χ1v) is 7.13. The summed E-state index contributed by atoms with van der Waals surface area (Å²) < 4.78 is 0. The average molecular weight is 308 g/mol. The third-order valence-corrected chi connectivity index (χ3v) is 3.38. The first-order valence-electron chi connectivity index (χ1n) is 7.13. The fourth-order valence-corrected chi connectivity index (χ4v) is 2.26. The van der Waals surface area contributed by atoms with E-state index in [9.17, 15) is 9.59 Å². The van der Waals surface area contributed by atoms with E-state index < -0.39 is 0 Å². The third-order valence-electron chi connectivity index (χ3n) is 3.38. The number of carbonyl (C=O) groups excluding carboxylic acids is 2. The lowest BCUT2D eigenvalue weighted by Gasteiger charge is -2.08. The van der Waals surface area contributed by atoms with Crippen molar-refractivity contribution in [3.05, 3.63) is 60.3 Å². The molecule has 0 aliphatic rings. The lowest BCUT2D eigenvalue weighted by atomic mass is 10.2. The molecule has 0 bridgehead atoms. The van der Waals surface area contributed by atoms with E-state index in [4.69, 9.17) is 0 Å². The number of rotatable bonds is 3. The number of hydrogen-bond acceptors (Lipinski definition) is 2. The first-order chi connectivity index (χ1) is 11.2. The highest BCUT2D eigenvalue weighted by Gasteiger charge is 2.10. The van der Waals surface area contributed by atoms with Crippen molar-refractivity contribution in [3.8, 4) is 0 Å². The van der Waals surface area contributed by atoms with E-state index >= 15 is 0 Å². The summed E-state index contributed by atoms with van der Waals surface area (Å²) in [6, 6.07) is 16.1. The highest BCUT2D eigenvalue weighted by molar-refractivity contribution is 6.06. The van der Waals surface area contributed by atoms with Crippen molar-refractivity contribution in [1.82, 2.24) is 10.3 Å². The van der Waals surface area contributed by atoms with Crippen molar-refractivity contribution in [2.45, 2.75) is 0 Å². The Labute approximate surface area is 132 Å². The zero-order valence-electron chi connectivity index (χ0n) is 12.5. The van der Waals surface area contributed by atoms with Crippen molar-refractivity contribution < 1.29 is 9.59 Å². The highest BCUT2D eigenvalue weighted by atomic mass is 16.2. The number of fused-ring (bicyclic) bond motifs is 1. The topological polar surface area (TPSA) is 86.0 Å². The molecule has 6 heteroatoms.